The van der Waals surface area contributed by atoms with Gasteiger partial charge < -0.3 is 30.8 Å². The summed E-state index contributed by atoms with van der Waals surface area (Å²) < 4.78 is 11.6. The summed E-state index contributed by atoms with van der Waals surface area (Å²) in [5.41, 5.74) is 2.20. The second-order valence-electron chi connectivity index (χ2n) is 7.67. The monoisotopic (exact) mass is 381 g/mol. The topological polar surface area (TPSA) is 150 Å². The van der Waals surface area contributed by atoms with Crippen molar-refractivity contribution in [2.75, 3.05) is 13.6 Å². The van der Waals surface area contributed by atoms with Crippen LogP contribution < -0.4 is 9.47 Å². The highest BCUT2D eigenvalue weighted by molar-refractivity contribution is 5.89. The van der Waals surface area contributed by atoms with E-state index in [1.165, 1.54) is 12.5 Å². The summed E-state index contributed by atoms with van der Waals surface area (Å²) in [7, 11) is 2.19. The van der Waals surface area contributed by atoms with E-state index in [0.29, 0.717) is 29.9 Å². The molecule has 2 bridgehead atoms. The number of nitrogens with zero attached hydrogens (tertiary/aromatic N) is 1. The van der Waals surface area contributed by atoms with E-state index in [1.54, 1.807) is 0 Å². The lowest BCUT2D eigenvalue weighted by atomic mass is 9.52. The molecule has 0 aromatic heterocycles. The Hall–Kier alpha value is -2.00. The maximum atomic E-state index is 12.7. The number of benzene rings is 1. The number of ketones is 1. The Bertz CT molecular complexity index is 780. The van der Waals surface area contributed by atoms with Crippen molar-refractivity contribution in [1.29, 1.82) is 0 Å². The average Bonchev–Trinajstić information content (AvgIpc) is 2.89. The van der Waals surface area contributed by atoms with Crippen molar-refractivity contribution < 1.29 is 35.5 Å². The molecule has 1 saturated carbocycles. The van der Waals surface area contributed by atoms with Crippen molar-refractivity contribution in [3.63, 3.8) is 0 Å². The zero-order chi connectivity index (χ0) is 16.6. The molecular weight excluding hydrogens is 354 g/mol. The van der Waals surface area contributed by atoms with Crippen molar-refractivity contribution in [2.45, 2.75) is 50.2 Å². The Morgan fingerprint density at radius 2 is 2.04 bits per heavy atom. The molecule has 6 N–H and O–H groups in total. The van der Waals surface area contributed by atoms with E-state index in [4.69, 9.17) is 9.47 Å². The highest BCUT2D eigenvalue weighted by atomic mass is 16.6. The normalized spacial score (nSPS) is 32.1. The SMILES string of the molecule is CC(=O)Oc1ccc2c3c1O[C@H]1C(=O)CC[C@H]4[C@@H](C2)N(C)CC[C@]314.O.O.O. The molecule has 2 fully saturated rings. The number of carbonyl (C=O) groups is 2. The molecule has 0 amide bonds. The van der Waals surface area contributed by atoms with E-state index in [9.17, 15) is 9.59 Å². The standard InChI is InChI=1S/C19H21NO4.3H2O/c1-10(21)23-15-6-3-11-9-13-12-4-5-14(22)18-19(12,7-8-20(13)2)16(11)17(15)24-18;;;/h3,6,12-13,18H,4-5,7-9H2,1-2H3;3*1H2/t12-,13+,18-,19-;;;/m0.../s1. The van der Waals surface area contributed by atoms with Crippen molar-refractivity contribution in [3.8, 4) is 11.5 Å². The molecule has 8 nitrogen and oxygen atoms in total. The molecule has 0 radical (unpaired) electrons. The number of hydrogen-bond acceptors (Lipinski definition) is 5. The summed E-state index contributed by atoms with van der Waals surface area (Å²) in [5, 5.41) is 0. The van der Waals surface area contributed by atoms with Crippen LogP contribution in [0.4, 0.5) is 0 Å². The van der Waals surface area contributed by atoms with Gasteiger partial charge in [-0.1, -0.05) is 6.07 Å². The largest absolute Gasteiger partial charge is 0.477 e. The van der Waals surface area contributed by atoms with E-state index in [0.717, 1.165) is 31.4 Å². The van der Waals surface area contributed by atoms with E-state index in [1.807, 2.05) is 6.07 Å². The molecule has 27 heavy (non-hydrogen) atoms. The van der Waals surface area contributed by atoms with Crippen LogP contribution in [0.25, 0.3) is 0 Å². The number of ether oxygens (including phenoxy) is 2. The number of esters is 1. The van der Waals surface area contributed by atoms with E-state index >= 15 is 0 Å². The van der Waals surface area contributed by atoms with Crippen molar-refractivity contribution in [3.05, 3.63) is 23.3 Å². The van der Waals surface area contributed by atoms with Gasteiger partial charge >= 0.3 is 5.97 Å². The molecule has 1 aromatic carbocycles. The fraction of sp³-hybridized carbons (Fsp3) is 0.579. The van der Waals surface area contributed by atoms with Crippen LogP contribution in [0.15, 0.2) is 12.1 Å². The van der Waals surface area contributed by atoms with Gasteiger partial charge in [0.2, 0.25) is 0 Å². The highest BCUT2D eigenvalue weighted by Crippen LogP contribution is 2.63. The third-order valence-corrected chi connectivity index (χ3v) is 6.62. The summed E-state index contributed by atoms with van der Waals surface area (Å²) in [6.45, 7) is 2.37. The Morgan fingerprint density at radius 3 is 2.74 bits per heavy atom. The lowest BCUT2D eigenvalue weighted by Gasteiger charge is -2.57. The molecule has 4 aliphatic rings. The zero-order valence-electron chi connectivity index (χ0n) is 15.5. The van der Waals surface area contributed by atoms with Gasteiger partial charge in [-0.25, -0.2) is 0 Å². The number of likely N-dealkylation sites (tertiary alicyclic amines) is 1. The van der Waals surface area contributed by atoms with Gasteiger partial charge in [-0.15, -0.1) is 0 Å². The highest BCUT2D eigenvalue weighted by Gasteiger charge is 2.65. The van der Waals surface area contributed by atoms with Gasteiger partial charge in [0.15, 0.2) is 23.4 Å². The minimum atomic E-state index is -0.404. The third kappa shape index (κ3) is 2.51. The third-order valence-electron chi connectivity index (χ3n) is 6.62. The molecule has 2 aliphatic carbocycles. The minimum absolute atomic E-state index is 0. The Kier molecular flexibility index (Phi) is 5.42. The molecule has 0 unspecified atom stereocenters. The van der Waals surface area contributed by atoms with Crippen LogP contribution in [0, 0.1) is 5.92 Å². The lowest BCUT2D eigenvalue weighted by molar-refractivity contribution is -0.138. The van der Waals surface area contributed by atoms with E-state index in [-0.39, 0.29) is 33.6 Å². The molecule has 5 rings (SSSR count). The predicted octanol–water partition coefficient (Wildman–Crippen LogP) is -0.624. The van der Waals surface area contributed by atoms with E-state index in [2.05, 4.69) is 18.0 Å². The average molecular weight is 381 g/mol. The molecule has 1 saturated heterocycles. The predicted molar refractivity (Wildman–Crippen MR) is 97.2 cm³/mol. The van der Waals surface area contributed by atoms with Crippen LogP contribution in [0.2, 0.25) is 0 Å². The van der Waals surface area contributed by atoms with Gasteiger partial charge in [0.1, 0.15) is 0 Å². The van der Waals surface area contributed by atoms with Crippen LogP contribution >= 0.6 is 0 Å². The smallest absolute Gasteiger partial charge is 0.308 e. The maximum Gasteiger partial charge on any atom is 0.308 e. The molecule has 8 heteroatoms. The molecule has 1 spiro atoms. The Balaban J connectivity index is 0.000000871. The van der Waals surface area contributed by atoms with Crippen molar-refractivity contribution >= 4 is 11.8 Å². The first-order chi connectivity index (χ1) is 11.5. The van der Waals surface area contributed by atoms with Crippen molar-refractivity contribution in [1.82, 2.24) is 4.90 Å². The van der Waals surface area contributed by atoms with Crippen LogP contribution in [0.1, 0.15) is 37.3 Å². The van der Waals surface area contributed by atoms with Gasteiger partial charge in [-0.2, -0.15) is 0 Å². The van der Waals surface area contributed by atoms with Gasteiger partial charge in [0.05, 0.1) is 0 Å². The second-order valence-corrected chi connectivity index (χ2v) is 7.67. The second kappa shape index (κ2) is 6.87. The minimum Gasteiger partial charge on any atom is -0.477 e. The van der Waals surface area contributed by atoms with E-state index < -0.39 is 6.10 Å². The number of carbonyl (C=O) groups excluding carboxylic acids is 2. The summed E-state index contributed by atoms with van der Waals surface area (Å²) in [4.78, 5) is 26.6. The summed E-state index contributed by atoms with van der Waals surface area (Å²) in [6.07, 6.45) is 3.04. The fourth-order valence-corrected chi connectivity index (χ4v) is 5.75. The lowest BCUT2D eigenvalue weighted by Crippen LogP contribution is -2.65. The van der Waals surface area contributed by atoms with Crippen LogP contribution in [-0.2, 0) is 21.4 Å². The quantitative estimate of drug-likeness (QED) is 0.469. The number of piperidine rings is 1. The zero-order valence-corrected chi connectivity index (χ0v) is 15.5. The number of Topliss-reactive ketones (excluding diaryl/α,β-unsaturated/α-hetero) is 1. The molecule has 2 heterocycles. The molecule has 150 valence electrons. The van der Waals surface area contributed by atoms with Crippen LogP contribution in [-0.4, -0.2) is 58.8 Å². The maximum absolute atomic E-state index is 12.7. The van der Waals surface area contributed by atoms with Gasteiger partial charge in [0.25, 0.3) is 0 Å². The van der Waals surface area contributed by atoms with Gasteiger partial charge in [-0.3, -0.25) is 9.59 Å². The van der Waals surface area contributed by atoms with Crippen LogP contribution in [0.3, 0.4) is 0 Å². The summed E-state index contributed by atoms with van der Waals surface area (Å²) in [5.74, 6) is 1.40. The Morgan fingerprint density at radius 1 is 1.30 bits per heavy atom. The van der Waals surface area contributed by atoms with Crippen LogP contribution in [0.5, 0.6) is 11.5 Å². The first-order valence-corrected chi connectivity index (χ1v) is 8.77. The summed E-state index contributed by atoms with van der Waals surface area (Å²) in [6, 6.07) is 4.35. The molecule has 1 aromatic rings. The summed E-state index contributed by atoms with van der Waals surface area (Å²) >= 11 is 0. The Labute approximate surface area is 157 Å². The number of rotatable bonds is 1. The van der Waals surface area contributed by atoms with Gasteiger partial charge in [0, 0.05) is 30.4 Å². The number of likely N-dealkylation sites (N-methyl/N-ethyl adjacent to an activating group) is 1. The molecule has 2 aliphatic heterocycles. The fourth-order valence-electron chi connectivity index (χ4n) is 5.75. The molecular formula is C19H27NO7. The van der Waals surface area contributed by atoms with Gasteiger partial charge in [-0.05, 0) is 50.4 Å². The first kappa shape index (κ1) is 21.3. The van der Waals surface area contributed by atoms with Crippen molar-refractivity contribution in [2.24, 2.45) is 5.92 Å². The number of hydrogen-bond donors (Lipinski definition) is 0. The first-order valence-electron chi connectivity index (χ1n) is 8.77. The molecule has 4 atom stereocenters.